The summed E-state index contributed by atoms with van der Waals surface area (Å²) in [7, 11) is 0. The van der Waals surface area contributed by atoms with Crippen LogP contribution in [0.5, 0.6) is 5.75 Å². The molecule has 26 heavy (non-hydrogen) atoms. The zero-order valence-electron chi connectivity index (χ0n) is 14.2. The van der Waals surface area contributed by atoms with Crippen molar-refractivity contribution in [2.24, 2.45) is 0 Å². The van der Waals surface area contributed by atoms with E-state index in [0.717, 1.165) is 25.8 Å². The van der Waals surface area contributed by atoms with Gasteiger partial charge >= 0.3 is 6.36 Å². The number of aromatic nitrogens is 2. The van der Waals surface area contributed by atoms with Crippen LogP contribution in [-0.2, 0) is 0 Å². The Hall–Kier alpha value is -1.44. The number of piperidine rings is 1. The molecular formula is C17H22Cl2F3N3O. The van der Waals surface area contributed by atoms with Gasteiger partial charge in [-0.2, -0.15) is 0 Å². The molecule has 1 aliphatic heterocycles. The van der Waals surface area contributed by atoms with Crippen LogP contribution < -0.4 is 10.1 Å². The highest BCUT2D eigenvalue weighted by Crippen LogP contribution is 2.31. The fourth-order valence-corrected chi connectivity index (χ4v) is 3.21. The lowest BCUT2D eigenvalue weighted by Crippen LogP contribution is -2.38. The maximum absolute atomic E-state index is 12.4. The van der Waals surface area contributed by atoms with E-state index in [-0.39, 0.29) is 30.6 Å². The SMILES string of the molecule is CC[C@@H]1C[C@H](n2ccnc2-c2cccc(OC(F)(F)F)c2)CCN1.Cl.Cl. The van der Waals surface area contributed by atoms with Gasteiger partial charge in [0.25, 0.3) is 0 Å². The topological polar surface area (TPSA) is 39.1 Å². The van der Waals surface area contributed by atoms with Crippen LogP contribution in [0.15, 0.2) is 36.7 Å². The Morgan fingerprint density at radius 2 is 2.08 bits per heavy atom. The van der Waals surface area contributed by atoms with Crippen molar-refractivity contribution in [3.63, 3.8) is 0 Å². The van der Waals surface area contributed by atoms with Crippen LogP contribution in [0.1, 0.15) is 32.2 Å². The van der Waals surface area contributed by atoms with E-state index in [4.69, 9.17) is 0 Å². The van der Waals surface area contributed by atoms with E-state index in [1.54, 1.807) is 18.3 Å². The maximum atomic E-state index is 12.4. The highest BCUT2D eigenvalue weighted by atomic mass is 35.5. The number of halogens is 5. The molecule has 0 amide bonds. The first kappa shape index (κ1) is 22.6. The van der Waals surface area contributed by atoms with Crippen LogP contribution in [0.25, 0.3) is 11.4 Å². The summed E-state index contributed by atoms with van der Waals surface area (Å²) in [4.78, 5) is 4.36. The van der Waals surface area contributed by atoms with E-state index in [2.05, 4.69) is 26.5 Å². The minimum atomic E-state index is -4.70. The maximum Gasteiger partial charge on any atom is 0.573 e. The van der Waals surface area contributed by atoms with E-state index in [0.29, 0.717) is 23.5 Å². The van der Waals surface area contributed by atoms with Crippen LogP contribution in [0.4, 0.5) is 13.2 Å². The van der Waals surface area contributed by atoms with Crippen LogP contribution >= 0.6 is 24.8 Å². The molecule has 0 bridgehead atoms. The van der Waals surface area contributed by atoms with Gasteiger partial charge in [-0.05, 0) is 37.9 Å². The Kier molecular flexibility index (Phi) is 8.24. The normalized spacial score (nSPS) is 20.0. The largest absolute Gasteiger partial charge is 0.573 e. The summed E-state index contributed by atoms with van der Waals surface area (Å²) in [6.07, 6.45) is 1.90. The molecule has 1 saturated heterocycles. The highest BCUT2D eigenvalue weighted by molar-refractivity contribution is 5.85. The molecule has 4 nitrogen and oxygen atoms in total. The Balaban J connectivity index is 0.00000169. The van der Waals surface area contributed by atoms with Crippen LogP contribution in [0.3, 0.4) is 0 Å². The molecule has 0 spiro atoms. The van der Waals surface area contributed by atoms with Gasteiger partial charge in [0, 0.05) is 30.0 Å². The van der Waals surface area contributed by atoms with Gasteiger partial charge in [-0.1, -0.05) is 19.1 Å². The highest BCUT2D eigenvalue weighted by Gasteiger charge is 2.31. The zero-order chi connectivity index (χ0) is 17.2. The van der Waals surface area contributed by atoms with Crippen LogP contribution in [0, 0.1) is 0 Å². The molecule has 2 heterocycles. The van der Waals surface area contributed by atoms with Crippen molar-refractivity contribution in [2.75, 3.05) is 6.54 Å². The number of rotatable bonds is 4. The quantitative estimate of drug-likeness (QED) is 0.769. The standard InChI is InChI=1S/C17H20F3N3O.2ClH/c1-2-13-11-14(6-7-21-13)23-9-8-22-16(23)12-4-3-5-15(10-12)24-17(18,19)20;;/h3-5,8-10,13-14,21H,2,6-7,11H2,1H3;2*1H/t13-,14-;;/m1../s1. The van der Waals surface area contributed by atoms with Gasteiger partial charge < -0.3 is 14.6 Å². The summed E-state index contributed by atoms with van der Waals surface area (Å²) in [6, 6.07) is 6.72. The number of nitrogens with one attached hydrogen (secondary N) is 1. The van der Waals surface area contributed by atoms with E-state index in [1.807, 2.05) is 6.20 Å². The first-order chi connectivity index (χ1) is 11.5. The monoisotopic (exact) mass is 411 g/mol. The molecule has 1 N–H and O–H groups in total. The molecule has 3 rings (SSSR count). The van der Waals surface area contributed by atoms with Crippen LogP contribution in [0.2, 0.25) is 0 Å². The molecule has 2 atom stereocenters. The molecule has 2 aromatic rings. The Bertz CT molecular complexity index is 694. The Morgan fingerprint density at radius 1 is 1.31 bits per heavy atom. The van der Waals surface area contributed by atoms with E-state index in [9.17, 15) is 13.2 Å². The zero-order valence-corrected chi connectivity index (χ0v) is 15.8. The number of ether oxygens (including phenoxy) is 1. The van der Waals surface area contributed by atoms with Gasteiger partial charge in [-0.25, -0.2) is 4.98 Å². The molecule has 0 unspecified atom stereocenters. The molecule has 1 aliphatic rings. The predicted octanol–water partition coefficient (Wildman–Crippen LogP) is 5.00. The van der Waals surface area contributed by atoms with Crippen LogP contribution in [-0.4, -0.2) is 28.5 Å². The first-order valence-corrected chi connectivity index (χ1v) is 8.08. The number of imidazole rings is 1. The predicted molar refractivity (Wildman–Crippen MR) is 99.2 cm³/mol. The smallest absolute Gasteiger partial charge is 0.406 e. The van der Waals surface area contributed by atoms with Crippen molar-refractivity contribution < 1.29 is 17.9 Å². The van der Waals surface area contributed by atoms with Crippen molar-refractivity contribution in [1.29, 1.82) is 0 Å². The number of alkyl halides is 3. The average Bonchev–Trinajstić information content (AvgIpc) is 3.03. The van der Waals surface area contributed by atoms with Crippen molar-refractivity contribution in [3.8, 4) is 17.1 Å². The second-order valence-electron chi connectivity index (χ2n) is 5.97. The Labute approximate surface area is 163 Å². The average molecular weight is 412 g/mol. The summed E-state index contributed by atoms with van der Waals surface area (Å²) >= 11 is 0. The third-order valence-corrected chi connectivity index (χ3v) is 4.35. The van der Waals surface area contributed by atoms with Gasteiger partial charge in [0.2, 0.25) is 0 Å². The molecule has 1 aromatic heterocycles. The van der Waals surface area contributed by atoms with Crippen molar-refractivity contribution in [2.45, 2.75) is 44.6 Å². The Morgan fingerprint density at radius 3 is 2.77 bits per heavy atom. The molecule has 0 saturated carbocycles. The summed E-state index contributed by atoms with van der Waals surface area (Å²) in [5, 5.41) is 3.48. The lowest BCUT2D eigenvalue weighted by Gasteiger charge is -2.31. The molecular weight excluding hydrogens is 390 g/mol. The number of benzene rings is 1. The molecule has 1 aromatic carbocycles. The van der Waals surface area contributed by atoms with Gasteiger partial charge in [-0.15, -0.1) is 38.0 Å². The van der Waals surface area contributed by atoms with E-state index in [1.165, 1.54) is 12.1 Å². The van der Waals surface area contributed by atoms with Gasteiger partial charge in [0.1, 0.15) is 11.6 Å². The van der Waals surface area contributed by atoms with Crippen molar-refractivity contribution >= 4 is 24.8 Å². The van der Waals surface area contributed by atoms with Gasteiger partial charge in [0.05, 0.1) is 0 Å². The molecule has 1 fully saturated rings. The fourth-order valence-electron chi connectivity index (χ4n) is 3.21. The number of hydrogen-bond acceptors (Lipinski definition) is 3. The number of nitrogens with zero attached hydrogens (tertiary/aromatic N) is 2. The lowest BCUT2D eigenvalue weighted by molar-refractivity contribution is -0.274. The molecule has 146 valence electrons. The summed E-state index contributed by atoms with van der Waals surface area (Å²) in [5.74, 6) is 0.440. The minimum absolute atomic E-state index is 0. The molecule has 9 heteroatoms. The third kappa shape index (κ3) is 5.53. The second kappa shape index (κ2) is 9.48. The minimum Gasteiger partial charge on any atom is -0.406 e. The lowest BCUT2D eigenvalue weighted by atomic mass is 9.97. The molecule has 0 aliphatic carbocycles. The third-order valence-electron chi connectivity index (χ3n) is 4.35. The number of hydrogen-bond donors (Lipinski definition) is 1. The first-order valence-electron chi connectivity index (χ1n) is 8.08. The van der Waals surface area contributed by atoms with E-state index < -0.39 is 6.36 Å². The fraction of sp³-hybridized carbons (Fsp3) is 0.471. The van der Waals surface area contributed by atoms with Crippen molar-refractivity contribution in [3.05, 3.63) is 36.7 Å². The second-order valence-corrected chi connectivity index (χ2v) is 5.97. The molecule has 0 radical (unpaired) electrons. The summed E-state index contributed by atoms with van der Waals surface area (Å²) in [5.41, 5.74) is 0.619. The van der Waals surface area contributed by atoms with Gasteiger partial charge in [0.15, 0.2) is 0 Å². The van der Waals surface area contributed by atoms with Gasteiger partial charge in [-0.3, -0.25) is 0 Å². The summed E-state index contributed by atoms with van der Waals surface area (Å²) in [6.45, 7) is 3.07. The van der Waals surface area contributed by atoms with E-state index >= 15 is 0 Å². The summed E-state index contributed by atoms with van der Waals surface area (Å²) < 4.78 is 43.3. The van der Waals surface area contributed by atoms with Crippen molar-refractivity contribution in [1.82, 2.24) is 14.9 Å².